The lowest BCUT2D eigenvalue weighted by Crippen LogP contribution is -2.27. The fourth-order valence-corrected chi connectivity index (χ4v) is 1.27. The van der Waals surface area contributed by atoms with E-state index in [0.29, 0.717) is 13.2 Å². The molecule has 1 aliphatic rings. The van der Waals surface area contributed by atoms with E-state index in [1.54, 1.807) is 0 Å². The number of aliphatic carboxylic acids is 1. The molecule has 0 aromatic carbocycles. The maximum Gasteiger partial charge on any atom is 0.333 e. The van der Waals surface area contributed by atoms with Gasteiger partial charge in [-0.3, -0.25) is 0 Å². The van der Waals surface area contributed by atoms with Crippen molar-refractivity contribution in [1.29, 1.82) is 0 Å². The number of ether oxygens (including phenoxy) is 2. The van der Waals surface area contributed by atoms with Crippen LogP contribution in [0.5, 0.6) is 0 Å². The van der Waals surface area contributed by atoms with Crippen molar-refractivity contribution >= 4 is 5.97 Å². The molecule has 0 radical (unpaired) electrons. The van der Waals surface area contributed by atoms with Gasteiger partial charge in [0.2, 0.25) is 0 Å². The zero-order valence-corrected chi connectivity index (χ0v) is 8.73. The molecule has 4 heteroatoms. The van der Waals surface area contributed by atoms with E-state index in [4.69, 9.17) is 14.6 Å². The Morgan fingerprint density at radius 2 is 1.93 bits per heavy atom. The van der Waals surface area contributed by atoms with Crippen LogP contribution in [-0.2, 0) is 14.3 Å². The second-order valence-corrected chi connectivity index (χ2v) is 3.89. The highest BCUT2D eigenvalue weighted by molar-refractivity contribution is 5.73. The fraction of sp³-hybridized carbons (Fsp3) is 0.900. The lowest BCUT2D eigenvalue weighted by molar-refractivity contribution is -0.153. The van der Waals surface area contributed by atoms with E-state index in [2.05, 4.69) is 0 Å². The van der Waals surface area contributed by atoms with Crippen LogP contribution in [0.15, 0.2) is 0 Å². The van der Waals surface area contributed by atoms with Crippen molar-refractivity contribution in [1.82, 2.24) is 0 Å². The Hall–Kier alpha value is -0.610. The van der Waals surface area contributed by atoms with Crippen LogP contribution in [0.4, 0.5) is 0 Å². The molecule has 0 saturated heterocycles. The number of hydrogen-bond acceptors (Lipinski definition) is 3. The van der Waals surface area contributed by atoms with Gasteiger partial charge in [-0.2, -0.15) is 0 Å². The highest BCUT2D eigenvalue weighted by atomic mass is 16.5. The van der Waals surface area contributed by atoms with Crippen LogP contribution in [0.3, 0.4) is 0 Å². The van der Waals surface area contributed by atoms with E-state index < -0.39 is 12.1 Å². The van der Waals surface area contributed by atoms with Crippen LogP contribution in [0.1, 0.15) is 26.7 Å². The van der Waals surface area contributed by atoms with Gasteiger partial charge in [0.05, 0.1) is 19.3 Å². The molecule has 0 amide bonds. The zero-order valence-electron chi connectivity index (χ0n) is 8.73. The quantitative estimate of drug-likeness (QED) is 0.632. The van der Waals surface area contributed by atoms with Gasteiger partial charge in [-0.15, -0.1) is 0 Å². The molecule has 14 heavy (non-hydrogen) atoms. The molecule has 0 heterocycles. The summed E-state index contributed by atoms with van der Waals surface area (Å²) in [6, 6.07) is 0. The van der Waals surface area contributed by atoms with Crippen molar-refractivity contribution in [2.75, 3.05) is 13.2 Å². The third-order valence-electron chi connectivity index (χ3n) is 2.13. The van der Waals surface area contributed by atoms with E-state index in [1.807, 2.05) is 13.8 Å². The average Bonchev–Trinajstić information content (AvgIpc) is 2.86. The maximum atomic E-state index is 10.7. The first-order chi connectivity index (χ1) is 6.61. The van der Waals surface area contributed by atoms with E-state index in [9.17, 15) is 4.79 Å². The van der Waals surface area contributed by atoms with Crippen molar-refractivity contribution in [2.45, 2.75) is 38.9 Å². The summed E-state index contributed by atoms with van der Waals surface area (Å²) in [5.74, 6) is -0.622. The molecule has 0 aromatic heterocycles. The minimum atomic E-state index is -0.850. The molecule has 0 spiro atoms. The second kappa shape index (κ2) is 5.32. The molecule has 0 bridgehead atoms. The fourth-order valence-electron chi connectivity index (χ4n) is 1.27. The van der Waals surface area contributed by atoms with Crippen molar-refractivity contribution in [3.05, 3.63) is 0 Å². The van der Waals surface area contributed by atoms with Crippen molar-refractivity contribution in [3.8, 4) is 0 Å². The molecular weight excluding hydrogens is 184 g/mol. The van der Waals surface area contributed by atoms with E-state index in [1.165, 1.54) is 0 Å². The third-order valence-corrected chi connectivity index (χ3v) is 2.13. The van der Waals surface area contributed by atoms with E-state index in [0.717, 1.165) is 12.8 Å². The Labute approximate surface area is 84.2 Å². The van der Waals surface area contributed by atoms with Crippen LogP contribution in [-0.4, -0.2) is 36.5 Å². The first kappa shape index (κ1) is 11.5. The van der Waals surface area contributed by atoms with Crippen LogP contribution >= 0.6 is 0 Å². The van der Waals surface area contributed by atoms with Gasteiger partial charge in [0.25, 0.3) is 0 Å². The van der Waals surface area contributed by atoms with Crippen LogP contribution < -0.4 is 0 Å². The van der Waals surface area contributed by atoms with Gasteiger partial charge in [-0.25, -0.2) is 4.79 Å². The minimum absolute atomic E-state index is 0.169. The van der Waals surface area contributed by atoms with Gasteiger partial charge in [0.1, 0.15) is 0 Å². The van der Waals surface area contributed by atoms with Gasteiger partial charge in [0, 0.05) is 0 Å². The number of carboxylic acid groups (broad SMARTS) is 1. The number of carbonyl (C=O) groups is 1. The van der Waals surface area contributed by atoms with Crippen LogP contribution in [0, 0.1) is 5.92 Å². The predicted octanol–water partition coefficient (Wildman–Crippen LogP) is 1.29. The van der Waals surface area contributed by atoms with Crippen molar-refractivity contribution in [3.63, 3.8) is 0 Å². The summed E-state index contributed by atoms with van der Waals surface area (Å²) in [5, 5.41) is 8.83. The molecular formula is C10H18O4. The van der Waals surface area contributed by atoms with Crippen molar-refractivity contribution in [2.24, 2.45) is 5.92 Å². The van der Waals surface area contributed by atoms with Gasteiger partial charge in [-0.1, -0.05) is 0 Å². The Morgan fingerprint density at radius 1 is 1.36 bits per heavy atom. The summed E-state index contributed by atoms with van der Waals surface area (Å²) in [6.45, 7) is 4.71. The Bertz CT molecular complexity index is 187. The Balaban J connectivity index is 2.11. The van der Waals surface area contributed by atoms with E-state index >= 15 is 0 Å². The average molecular weight is 202 g/mol. The summed E-state index contributed by atoms with van der Waals surface area (Å²) >= 11 is 0. The van der Waals surface area contributed by atoms with Gasteiger partial charge >= 0.3 is 5.97 Å². The molecule has 4 nitrogen and oxygen atoms in total. The standard InChI is InChI=1S/C10H18O4/c1-7(2)13-5-6-14-9(10(11)12)8-3-4-8/h7-9H,3-6H2,1-2H3,(H,11,12). The molecule has 0 aromatic rings. The molecule has 82 valence electrons. The number of hydrogen-bond donors (Lipinski definition) is 1. The van der Waals surface area contributed by atoms with Gasteiger partial charge < -0.3 is 14.6 Å². The second-order valence-electron chi connectivity index (χ2n) is 3.89. The molecule has 1 unspecified atom stereocenters. The summed E-state index contributed by atoms with van der Waals surface area (Å²) < 4.78 is 10.5. The normalized spacial score (nSPS) is 18.5. The van der Waals surface area contributed by atoms with Crippen LogP contribution in [0.25, 0.3) is 0 Å². The third kappa shape index (κ3) is 4.07. The van der Waals surface area contributed by atoms with Crippen molar-refractivity contribution < 1.29 is 19.4 Å². The summed E-state index contributed by atoms with van der Waals surface area (Å²) in [7, 11) is 0. The summed E-state index contributed by atoms with van der Waals surface area (Å²) in [5.41, 5.74) is 0. The largest absolute Gasteiger partial charge is 0.479 e. The molecule has 1 atom stereocenters. The maximum absolute atomic E-state index is 10.7. The molecule has 1 saturated carbocycles. The molecule has 1 aliphatic carbocycles. The topological polar surface area (TPSA) is 55.8 Å². The highest BCUT2D eigenvalue weighted by Crippen LogP contribution is 2.34. The minimum Gasteiger partial charge on any atom is -0.479 e. The molecule has 1 fully saturated rings. The van der Waals surface area contributed by atoms with Gasteiger partial charge in [0.15, 0.2) is 6.10 Å². The summed E-state index contributed by atoms with van der Waals surface area (Å²) in [6.07, 6.45) is 1.50. The Morgan fingerprint density at radius 3 is 2.36 bits per heavy atom. The summed E-state index contributed by atoms with van der Waals surface area (Å²) in [4.78, 5) is 10.7. The number of carboxylic acids is 1. The molecule has 0 aliphatic heterocycles. The first-order valence-electron chi connectivity index (χ1n) is 5.07. The van der Waals surface area contributed by atoms with Gasteiger partial charge in [-0.05, 0) is 32.6 Å². The lowest BCUT2D eigenvalue weighted by atomic mass is 10.2. The van der Waals surface area contributed by atoms with E-state index in [-0.39, 0.29) is 12.0 Å². The lowest BCUT2D eigenvalue weighted by Gasteiger charge is -2.13. The Kier molecular flexibility index (Phi) is 4.35. The number of rotatable bonds is 7. The highest BCUT2D eigenvalue weighted by Gasteiger charge is 2.36. The predicted molar refractivity (Wildman–Crippen MR) is 51.2 cm³/mol. The molecule has 1 N–H and O–H groups in total. The first-order valence-corrected chi connectivity index (χ1v) is 5.07. The SMILES string of the molecule is CC(C)OCCOC(C(=O)O)C1CC1. The van der Waals surface area contributed by atoms with Crippen LogP contribution in [0.2, 0.25) is 0 Å². The monoisotopic (exact) mass is 202 g/mol. The smallest absolute Gasteiger partial charge is 0.333 e. The zero-order chi connectivity index (χ0) is 10.6. The molecule has 1 rings (SSSR count).